The summed E-state index contributed by atoms with van der Waals surface area (Å²) in [7, 11) is 0. The molecule has 0 radical (unpaired) electrons. The first-order chi connectivity index (χ1) is 14.6. The molecule has 0 unspecified atom stereocenters. The second kappa shape index (κ2) is 11.1. The minimum atomic E-state index is 0.618. The maximum Gasteiger partial charge on any atom is 0.0727 e. The van der Waals surface area contributed by atoms with Crippen LogP contribution in [0.2, 0.25) is 10.0 Å². The van der Waals surface area contributed by atoms with E-state index in [2.05, 4.69) is 48.2 Å². The first kappa shape index (κ1) is 22.2. The summed E-state index contributed by atoms with van der Waals surface area (Å²) < 4.78 is 0. The Morgan fingerprint density at radius 1 is 0.867 bits per heavy atom. The van der Waals surface area contributed by atoms with Crippen LogP contribution in [0.15, 0.2) is 76.7 Å². The fourth-order valence-electron chi connectivity index (χ4n) is 3.25. The third kappa shape index (κ3) is 6.27. The Bertz CT molecular complexity index is 1030. The number of benzene rings is 3. The highest BCUT2D eigenvalue weighted by Gasteiger charge is 2.08. The molecule has 3 aromatic carbocycles. The number of nitrogens with zero attached hydrogens (tertiary/aromatic N) is 2. The molecular formula is C25H25Cl2N3. The van der Waals surface area contributed by atoms with Crippen molar-refractivity contribution in [2.45, 2.75) is 33.0 Å². The molecule has 0 aliphatic rings. The Morgan fingerprint density at radius 2 is 1.57 bits per heavy atom. The molecule has 0 aliphatic heterocycles. The SMILES string of the molecule is C=Nc1cc(Cl)ccc1C(CC)=NCc1cccc(CNCc2ccc(Cl)cc2)c1. The standard InChI is InChI=1S/C25H25Cl2N3/c1-3-24(23-12-11-22(27)14-25(23)28-2)30-17-20-6-4-5-19(13-20)16-29-15-18-7-9-21(26)10-8-18/h4-14,29H,2-3,15-17H2,1H3. The lowest BCUT2D eigenvalue weighted by atomic mass is 10.1. The first-order valence-corrected chi connectivity index (χ1v) is 10.7. The number of hydrogen-bond acceptors (Lipinski definition) is 3. The zero-order valence-corrected chi connectivity index (χ0v) is 18.5. The molecule has 0 aromatic heterocycles. The van der Waals surface area contributed by atoms with Gasteiger partial charge in [-0.25, -0.2) is 0 Å². The van der Waals surface area contributed by atoms with Crippen molar-refractivity contribution in [2.75, 3.05) is 0 Å². The molecule has 5 heteroatoms. The largest absolute Gasteiger partial charge is 0.309 e. The smallest absolute Gasteiger partial charge is 0.0727 e. The predicted molar refractivity (Wildman–Crippen MR) is 130 cm³/mol. The summed E-state index contributed by atoms with van der Waals surface area (Å²) >= 11 is 12.0. The molecule has 0 aliphatic carbocycles. The highest BCUT2D eigenvalue weighted by atomic mass is 35.5. The molecule has 1 N–H and O–H groups in total. The van der Waals surface area contributed by atoms with Crippen LogP contribution < -0.4 is 5.32 Å². The zero-order valence-electron chi connectivity index (χ0n) is 17.0. The van der Waals surface area contributed by atoms with Crippen molar-refractivity contribution in [1.82, 2.24) is 5.32 Å². The van der Waals surface area contributed by atoms with Crippen LogP contribution in [0.5, 0.6) is 0 Å². The quantitative estimate of drug-likeness (QED) is 0.358. The molecule has 0 saturated carbocycles. The van der Waals surface area contributed by atoms with E-state index < -0.39 is 0 Å². The summed E-state index contributed by atoms with van der Waals surface area (Å²) in [5.74, 6) is 0. The number of aliphatic imine (C=N–C) groups is 2. The third-order valence-corrected chi connectivity index (χ3v) is 5.28. The highest BCUT2D eigenvalue weighted by Crippen LogP contribution is 2.25. The maximum absolute atomic E-state index is 6.08. The van der Waals surface area contributed by atoms with E-state index in [-0.39, 0.29) is 0 Å². The molecule has 0 bridgehead atoms. The van der Waals surface area contributed by atoms with Gasteiger partial charge in [-0.05, 0) is 60.2 Å². The van der Waals surface area contributed by atoms with E-state index in [1.807, 2.05) is 42.5 Å². The summed E-state index contributed by atoms with van der Waals surface area (Å²) in [6.45, 7) is 7.96. The van der Waals surface area contributed by atoms with Crippen LogP contribution in [0, 0.1) is 0 Å². The van der Waals surface area contributed by atoms with Gasteiger partial charge in [0.15, 0.2) is 0 Å². The van der Waals surface area contributed by atoms with Crippen LogP contribution in [-0.4, -0.2) is 12.4 Å². The van der Waals surface area contributed by atoms with Crippen LogP contribution in [0.3, 0.4) is 0 Å². The van der Waals surface area contributed by atoms with Crippen molar-refractivity contribution in [2.24, 2.45) is 9.98 Å². The number of hydrogen-bond donors (Lipinski definition) is 1. The van der Waals surface area contributed by atoms with Gasteiger partial charge in [0.2, 0.25) is 0 Å². The van der Waals surface area contributed by atoms with Crippen molar-refractivity contribution >= 4 is 41.3 Å². The van der Waals surface area contributed by atoms with Crippen molar-refractivity contribution < 1.29 is 0 Å². The maximum atomic E-state index is 6.08. The normalized spacial score (nSPS) is 11.5. The minimum absolute atomic E-state index is 0.618. The van der Waals surface area contributed by atoms with E-state index in [1.54, 1.807) is 0 Å². The van der Waals surface area contributed by atoms with Gasteiger partial charge < -0.3 is 5.32 Å². The predicted octanol–water partition coefficient (Wildman–Crippen LogP) is 7.01. The fourth-order valence-corrected chi connectivity index (χ4v) is 3.54. The molecule has 3 aromatic rings. The van der Waals surface area contributed by atoms with Gasteiger partial charge in [-0.15, -0.1) is 0 Å². The zero-order chi connectivity index (χ0) is 21.3. The van der Waals surface area contributed by atoms with Crippen molar-refractivity contribution in [1.29, 1.82) is 0 Å². The van der Waals surface area contributed by atoms with Gasteiger partial charge in [0.1, 0.15) is 0 Å². The van der Waals surface area contributed by atoms with Gasteiger partial charge in [0, 0.05) is 34.4 Å². The summed E-state index contributed by atoms with van der Waals surface area (Å²) in [6, 6.07) is 22.1. The highest BCUT2D eigenvalue weighted by molar-refractivity contribution is 6.31. The molecular weight excluding hydrogens is 413 g/mol. The average molecular weight is 438 g/mol. The van der Waals surface area contributed by atoms with Crippen LogP contribution in [-0.2, 0) is 19.6 Å². The van der Waals surface area contributed by atoms with Gasteiger partial charge in [-0.3, -0.25) is 9.98 Å². The molecule has 0 saturated heterocycles. The third-order valence-electron chi connectivity index (χ3n) is 4.79. The number of halogens is 2. The van der Waals surface area contributed by atoms with E-state index in [4.69, 9.17) is 28.2 Å². The minimum Gasteiger partial charge on any atom is -0.309 e. The van der Waals surface area contributed by atoms with Crippen molar-refractivity contribution in [3.05, 3.63) is 99.0 Å². The van der Waals surface area contributed by atoms with Gasteiger partial charge in [-0.1, -0.05) is 66.5 Å². The first-order valence-electron chi connectivity index (χ1n) is 9.92. The van der Waals surface area contributed by atoms with Crippen LogP contribution in [0.4, 0.5) is 5.69 Å². The van der Waals surface area contributed by atoms with Gasteiger partial charge in [0.25, 0.3) is 0 Å². The van der Waals surface area contributed by atoms with Crippen LogP contribution in [0.1, 0.15) is 35.6 Å². The van der Waals surface area contributed by atoms with Gasteiger partial charge in [0.05, 0.1) is 12.2 Å². The Kier molecular flexibility index (Phi) is 8.21. The Hall–Kier alpha value is -2.46. The molecule has 154 valence electrons. The van der Waals surface area contributed by atoms with E-state index in [0.717, 1.165) is 41.5 Å². The molecule has 0 spiro atoms. The van der Waals surface area contributed by atoms with Gasteiger partial charge in [-0.2, -0.15) is 0 Å². The lowest BCUT2D eigenvalue weighted by Crippen LogP contribution is -2.12. The number of nitrogens with one attached hydrogen (secondary N) is 1. The average Bonchev–Trinajstić information content (AvgIpc) is 2.76. The lowest BCUT2D eigenvalue weighted by Gasteiger charge is -2.10. The second-order valence-electron chi connectivity index (χ2n) is 6.99. The van der Waals surface area contributed by atoms with E-state index in [1.165, 1.54) is 16.7 Å². The van der Waals surface area contributed by atoms with Gasteiger partial charge >= 0.3 is 0 Å². The Morgan fingerprint density at radius 3 is 2.30 bits per heavy atom. The summed E-state index contributed by atoms with van der Waals surface area (Å²) in [4.78, 5) is 8.95. The number of rotatable bonds is 9. The van der Waals surface area contributed by atoms with E-state index in [0.29, 0.717) is 11.6 Å². The van der Waals surface area contributed by atoms with Crippen molar-refractivity contribution in [3.8, 4) is 0 Å². The summed E-state index contributed by atoms with van der Waals surface area (Å²) in [6.07, 6.45) is 0.812. The molecule has 0 amide bonds. The molecule has 3 rings (SSSR count). The molecule has 0 fully saturated rings. The fraction of sp³-hybridized carbons (Fsp3) is 0.200. The topological polar surface area (TPSA) is 36.8 Å². The van der Waals surface area contributed by atoms with E-state index in [9.17, 15) is 0 Å². The van der Waals surface area contributed by atoms with Crippen molar-refractivity contribution in [3.63, 3.8) is 0 Å². The van der Waals surface area contributed by atoms with Crippen LogP contribution >= 0.6 is 23.2 Å². The monoisotopic (exact) mass is 437 g/mol. The Balaban J connectivity index is 1.65. The van der Waals surface area contributed by atoms with Crippen LogP contribution in [0.25, 0.3) is 0 Å². The molecule has 30 heavy (non-hydrogen) atoms. The molecule has 0 atom stereocenters. The molecule has 3 nitrogen and oxygen atoms in total. The van der Waals surface area contributed by atoms with E-state index >= 15 is 0 Å². The second-order valence-corrected chi connectivity index (χ2v) is 7.86. The Labute approximate surface area is 188 Å². The summed E-state index contributed by atoms with van der Waals surface area (Å²) in [5, 5.41) is 4.88. The lowest BCUT2D eigenvalue weighted by molar-refractivity contribution is 0.692. The molecule has 0 heterocycles. The summed E-state index contributed by atoms with van der Waals surface area (Å²) in [5.41, 5.74) is 6.37.